The lowest BCUT2D eigenvalue weighted by Gasteiger charge is -2.08. The second-order valence-corrected chi connectivity index (χ2v) is 3.79. The maximum absolute atomic E-state index is 12.9. The number of hydrogen-bond acceptors (Lipinski definition) is 2. The summed E-state index contributed by atoms with van der Waals surface area (Å²) < 4.78 is 12.9. The van der Waals surface area contributed by atoms with Gasteiger partial charge in [-0.3, -0.25) is 4.79 Å². The van der Waals surface area contributed by atoms with Gasteiger partial charge in [0.1, 0.15) is 11.9 Å². The van der Waals surface area contributed by atoms with Crippen LogP contribution in [-0.2, 0) is 4.79 Å². The number of carboxylic acid groups (broad SMARTS) is 1. The van der Waals surface area contributed by atoms with Gasteiger partial charge in [0, 0.05) is 6.54 Å². The Bertz CT molecular complexity index is 381. The van der Waals surface area contributed by atoms with Crippen LogP contribution in [0.4, 0.5) is 4.39 Å². The predicted molar refractivity (Wildman–Crippen MR) is 53.2 cm³/mol. The largest absolute Gasteiger partial charge is 0.480 e. The third kappa shape index (κ3) is 2.15. The second kappa shape index (κ2) is 3.98. The fourth-order valence-electron chi connectivity index (χ4n) is 1.94. The number of hydrogen-bond donors (Lipinski definition) is 2. The van der Waals surface area contributed by atoms with E-state index in [2.05, 4.69) is 5.32 Å². The first-order valence-electron chi connectivity index (χ1n) is 4.88. The molecule has 0 bridgehead atoms. The molecule has 1 saturated heterocycles. The van der Waals surface area contributed by atoms with E-state index < -0.39 is 12.0 Å². The van der Waals surface area contributed by atoms with Crippen molar-refractivity contribution in [3.05, 3.63) is 35.6 Å². The highest BCUT2D eigenvalue weighted by Crippen LogP contribution is 2.26. The Balaban J connectivity index is 2.11. The molecule has 0 radical (unpaired) electrons. The molecule has 15 heavy (non-hydrogen) atoms. The SMILES string of the molecule is O=C(O)[C@@H]1C[C@H](c2cccc(F)c2)CN1. The number of carboxylic acids is 1. The van der Waals surface area contributed by atoms with Gasteiger partial charge >= 0.3 is 5.97 Å². The van der Waals surface area contributed by atoms with Crippen LogP contribution < -0.4 is 5.32 Å². The molecule has 2 atom stereocenters. The first-order chi connectivity index (χ1) is 7.16. The molecule has 0 saturated carbocycles. The number of carbonyl (C=O) groups is 1. The molecule has 1 heterocycles. The smallest absolute Gasteiger partial charge is 0.320 e. The molecule has 0 aromatic heterocycles. The highest BCUT2D eigenvalue weighted by molar-refractivity contribution is 5.74. The number of aliphatic carboxylic acids is 1. The first-order valence-corrected chi connectivity index (χ1v) is 4.88. The zero-order valence-corrected chi connectivity index (χ0v) is 8.11. The third-order valence-electron chi connectivity index (χ3n) is 2.75. The summed E-state index contributed by atoms with van der Waals surface area (Å²) >= 11 is 0. The Morgan fingerprint density at radius 1 is 1.53 bits per heavy atom. The topological polar surface area (TPSA) is 49.3 Å². The van der Waals surface area contributed by atoms with Gasteiger partial charge in [0.05, 0.1) is 0 Å². The average molecular weight is 209 g/mol. The van der Waals surface area contributed by atoms with Crippen molar-refractivity contribution in [2.75, 3.05) is 6.54 Å². The number of rotatable bonds is 2. The lowest BCUT2D eigenvalue weighted by Crippen LogP contribution is -2.29. The quantitative estimate of drug-likeness (QED) is 0.773. The summed E-state index contributed by atoms with van der Waals surface area (Å²) in [6.45, 7) is 0.598. The van der Waals surface area contributed by atoms with Gasteiger partial charge in [-0.05, 0) is 30.0 Å². The van der Waals surface area contributed by atoms with Crippen molar-refractivity contribution in [2.45, 2.75) is 18.4 Å². The molecule has 1 aromatic carbocycles. The minimum atomic E-state index is -0.839. The van der Waals surface area contributed by atoms with E-state index in [4.69, 9.17) is 5.11 Å². The van der Waals surface area contributed by atoms with Crippen molar-refractivity contribution >= 4 is 5.97 Å². The summed E-state index contributed by atoms with van der Waals surface area (Å²) in [4.78, 5) is 10.7. The molecular weight excluding hydrogens is 197 g/mol. The number of halogens is 1. The van der Waals surface area contributed by atoms with Crippen LogP contribution in [0.15, 0.2) is 24.3 Å². The van der Waals surface area contributed by atoms with E-state index in [1.807, 2.05) is 6.07 Å². The molecule has 1 aromatic rings. The molecule has 2 rings (SSSR count). The summed E-state index contributed by atoms with van der Waals surface area (Å²) in [6.07, 6.45) is 0.527. The van der Waals surface area contributed by atoms with E-state index in [0.29, 0.717) is 13.0 Å². The van der Waals surface area contributed by atoms with E-state index in [-0.39, 0.29) is 11.7 Å². The van der Waals surface area contributed by atoms with Gasteiger partial charge in [-0.2, -0.15) is 0 Å². The number of nitrogens with one attached hydrogen (secondary N) is 1. The van der Waals surface area contributed by atoms with Crippen LogP contribution in [-0.4, -0.2) is 23.7 Å². The average Bonchev–Trinajstić information content (AvgIpc) is 2.66. The summed E-state index contributed by atoms with van der Waals surface area (Å²) in [5.74, 6) is -1.01. The molecule has 1 aliphatic rings. The van der Waals surface area contributed by atoms with Gasteiger partial charge in [-0.15, -0.1) is 0 Å². The Morgan fingerprint density at radius 3 is 2.93 bits per heavy atom. The molecule has 0 spiro atoms. The highest BCUT2D eigenvalue weighted by atomic mass is 19.1. The van der Waals surface area contributed by atoms with Gasteiger partial charge in [-0.1, -0.05) is 12.1 Å². The fourth-order valence-corrected chi connectivity index (χ4v) is 1.94. The van der Waals surface area contributed by atoms with Gasteiger partial charge in [0.15, 0.2) is 0 Å². The van der Waals surface area contributed by atoms with Crippen LogP contribution in [0, 0.1) is 5.82 Å². The normalized spacial score (nSPS) is 25.4. The van der Waals surface area contributed by atoms with Crippen molar-refractivity contribution < 1.29 is 14.3 Å². The maximum Gasteiger partial charge on any atom is 0.320 e. The second-order valence-electron chi connectivity index (χ2n) is 3.79. The minimum absolute atomic E-state index is 0.0989. The van der Waals surface area contributed by atoms with E-state index in [1.165, 1.54) is 12.1 Å². The van der Waals surface area contributed by atoms with Crippen molar-refractivity contribution in [1.82, 2.24) is 5.32 Å². The van der Waals surface area contributed by atoms with Crippen LogP contribution in [0.3, 0.4) is 0 Å². The monoisotopic (exact) mass is 209 g/mol. The van der Waals surface area contributed by atoms with Gasteiger partial charge in [-0.25, -0.2) is 4.39 Å². The Hall–Kier alpha value is -1.42. The van der Waals surface area contributed by atoms with Gasteiger partial charge in [0.2, 0.25) is 0 Å². The minimum Gasteiger partial charge on any atom is -0.480 e. The molecule has 3 nitrogen and oxygen atoms in total. The zero-order valence-electron chi connectivity index (χ0n) is 8.11. The van der Waals surface area contributed by atoms with Crippen molar-refractivity contribution in [1.29, 1.82) is 0 Å². The van der Waals surface area contributed by atoms with Crippen LogP contribution in [0.2, 0.25) is 0 Å². The molecule has 2 N–H and O–H groups in total. The van der Waals surface area contributed by atoms with E-state index >= 15 is 0 Å². The van der Waals surface area contributed by atoms with E-state index in [9.17, 15) is 9.18 Å². The van der Waals surface area contributed by atoms with E-state index in [1.54, 1.807) is 6.07 Å². The molecule has 0 unspecified atom stereocenters. The molecule has 1 aliphatic heterocycles. The van der Waals surface area contributed by atoms with Crippen molar-refractivity contribution in [2.24, 2.45) is 0 Å². The van der Waals surface area contributed by atoms with Gasteiger partial charge < -0.3 is 10.4 Å². The van der Waals surface area contributed by atoms with Crippen LogP contribution in [0.5, 0.6) is 0 Å². The Labute approximate surface area is 86.9 Å². The Morgan fingerprint density at radius 2 is 2.33 bits per heavy atom. The van der Waals surface area contributed by atoms with E-state index in [0.717, 1.165) is 5.56 Å². The lowest BCUT2D eigenvalue weighted by molar-refractivity contribution is -0.139. The molecule has 80 valence electrons. The third-order valence-corrected chi connectivity index (χ3v) is 2.75. The Kier molecular flexibility index (Phi) is 2.68. The van der Waals surface area contributed by atoms with Crippen LogP contribution in [0.25, 0.3) is 0 Å². The summed E-state index contributed by atoms with van der Waals surface area (Å²) in [6, 6.07) is 5.84. The van der Waals surface area contributed by atoms with Gasteiger partial charge in [0.25, 0.3) is 0 Å². The molecule has 1 fully saturated rings. The summed E-state index contributed by atoms with van der Waals surface area (Å²) in [5.41, 5.74) is 0.867. The highest BCUT2D eigenvalue weighted by Gasteiger charge is 2.29. The standard InChI is InChI=1S/C11H12FNO2/c12-9-3-1-2-7(4-9)8-5-10(11(14)15)13-6-8/h1-4,8,10,13H,5-6H2,(H,14,15)/t8-,10-/m0/s1. The molecular formula is C11H12FNO2. The van der Waals surface area contributed by atoms with Crippen molar-refractivity contribution in [3.63, 3.8) is 0 Å². The molecule has 0 aliphatic carbocycles. The van der Waals surface area contributed by atoms with Crippen molar-refractivity contribution in [3.8, 4) is 0 Å². The summed E-state index contributed by atoms with van der Waals surface area (Å²) in [7, 11) is 0. The lowest BCUT2D eigenvalue weighted by atomic mass is 9.96. The summed E-state index contributed by atoms with van der Waals surface area (Å²) in [5, 5.41) is 11.7. The number of benzene rings is 1. The first kappa shape index (κ1) is 10.1. The van der Waals surface area contributed by atoms with Crippen LogP contribution in [0.1, 0.15) is 17.9 Å². The fraction of sp³-hybridized carbons (Fsp3) is 0.364. The molecule has 0 amide bonds. The zero-order chi connectivity index (χ0) is 10.8. The molecule has 4 heteroatoms. The predicted octanol–water partition coefficient (Wildman–Crippen LogP) is 1.36. The maximum atomic E-state index is 12.9. The van der Waals surface area contributed by atoms with Crippen LogP contribution >= 0.6 is 0 Å².